The number of aromatic nitrogens is 3. The van der Waals surface area contributed by atoms with Crippen LogP contribution in [0, 0.1) is 6.92 Å². The molecule has 1 heterocycles. The van der Waals surface area contributed by atoms with Crippen molar-refractivity contribution in [3.63, 3.8) is 0 Å². The Labute approximate surface area is 209 Å². The molecule has 0 aliphatic rings. The summed E-state index contributed by atoms with van der Waals surface area (Å²) in [4.78, 5) is 33.2. The number of methoxy groups -OCH3 is 1. The molecule has 10 nitrogen and oxygen atoms in total. The Hall–Kier alpha value is -3.82. The molecule has 0 bridgehead atoms. The van der Waals surface area contributed by atoms with Gasteiger partial charge in [-0.15, -0.1) is 11.6 Å². The minimum absolute atomic E-state index is 0.317. The molecular weight excluding hydrogens is 544 g/mol. The number of carbonyl (C=O) groups is 3. The van der Waals surface area contributed by atoms with Gasteiger partial charge in [-0.25, -0.2) is 24.0 Å². The second-order valence-electron chi connectivity index (χ2n) is 6.54. The zero-order valence-corrected chi connectivity index (χ0v) is 19.7. The molecule has 0 saturated heterocycles. The molecule has 0 aliphatic heterocycles. The highest BCUT2D eigenvalue weighted by molar-refractivity contribution is 6.17. The predicted octanol–water partition coefficient (Wildman–Crippen LogP) is 4.34. The van der Waals surface area contributed by atoms with Gasteiger partial charge in [0.1, 0.15) is 23.6 Å². The van der Waals surface area contributed by atoms with Crippen LogP contribution in [0.5, 0.6) is 5.75 Å². The Morgan fingerprint density at radius 1 is 1.05 bits per heavy atom. The lowest BCUT2D eigenvalue weighted by Crippen LogP contribution is -2.21. The van der Waals surface area contributed by atoms with Crippen LogP contribution < -0.4 is 4.74 Å². The van der Waals surface area contributed by atoms with Gasteiger partial charge in [0.15, 0.2) is 0 Å². The monoisotopic (exact) mass is 563 g/mol. The van der Waals surface area contributed by atoms with E-state index in [0.717, 1.165) is 11.3 Å². The fourth-order valence-corrected chi connectivity index (χ4v) is 2.27. The van der Waals surface area contributed by atoms with E-state index >= 15 is 0 Å². The van der Waals surface area contributed by atoms with Crippen molar-refractivity contribution in [3.05, 3.63) is 41.5 Å². The van der Waals surface area contributed by atoms with Gasteiger partial charge in [-0.3, -0.25) is 0 Å². The van der Waals surface area contributed by atoms with E-state index in [-0.39, 0.29) is 0 Å². The van der Waals surface area contributed by atoms with Gasteiger partial charge in [-0.2, -0.15) is 31.4 Å². The van der Waals surface area contributed by atoms with E-state index in [4.69, 9.17) is 36.1 Å². The molecule has 0 saturated carbocycles. The highest BCUT2D eigenvalue weighted by atomic mass is 35.5. The number of halogens is 7. The van der Waals surface area contributed by atoms with Crippen molar-refractivity contribution in [2.45, 2.75) is 32.1 Å². The summed E-state index contributed by atoms with van der Waals surface area (Å²) in [6.07, 6.45) is -5.89. The Balaban J connectivity index is 0.000000761. The highest BCUT2D eigenvalue weighted by Crippen LogP contribution is 2.25. The number of hydrogen-bond acceptors (Lipinski definition) is 6. The van der Waals surface area contributed by atoms with Crippen LogP contribution in [0.1, 0.15) is 24.2 Å². The molecule has 0 amide bonds. The van der Waals surface area contributed by atoms with E-state index in [1.165, 1.54) is 0 Å². The minimum atomic E-state index is -5.08. The molecule has 3 N–H and O–H groups in total. The molecule has 0 radical (unpaired) electrons. The van der Waals surface area contributed by atoms with Crippen LogP contribution in [0.25, 0.3) is 11.8 Å². The summed E-state index contributed by atoms with van der Waals surface area (Å²) in [6, 6.07) is 5.41. The van der Waals surface area contributed by atoms with Crippen LogP contribution >= 0.6 is 11.6 Å². The number of alkyl halides is 7. The van der Waals surface area contributed by atoms with Crippen molar-refractivity contribution in [2.75, 3.05) is 13.0 Å². The van der Waals surface area contributed by atoms with E-state index in [9.17, 15) is 36.2 Å². The standard InChI is InChI=1S/C16H18ClN3O3.2C2HF3O2/c1-11-18-10-20(19-11)14-6-5-12(9-15(14)23-2)8-13(16(21)22)4-3-7-17;2*3-2(4,5)1(6)7/h5-6,8-10H,3-4,7H2,1-2H3,(H,21,22);2*(H,6,7). The SMILES string of the molecule is COc1cc(C=C(CCCCl)C(=O)O)ccc1-n1cnc(C)n1.O=C(O)C(F)(F)F.O=C(O)C(F)(F)F. The fourth-order valence-electron chi connectivity index (χ4n) is 2.13. The number of benzene rings is 1. The first kappa shape index (κ1) is 33.2. The normalized spacial score (nSPS) is 11.4. The van der Waals surface area contributed by atoms with Crippen LogP contribution in [0.3, 0.4) is 0 Å². The molecule has 1 aromatic carbocycles. The van der Waals surface area contributed by atoms with Gasteiger partial charge in [-0.05, 0) is 43.5 Å². The van der Waals surface area contributed by atoms with Gasteiger partial charge < -0.3 is 20.1 Å². The van der Waals surface area contributed by atoms with E-state index in [1.54, 1.807) is 37.2 Å². The number of aryl methyl sites for hydroxylation is 1. The average Bonchev–Trinajstić information content (AvgIpc) is 3.21. The summed E-state index contributed by atoms with van der Waals surface area (Å²) in [7, 11) is 1.56. The van der Waals surface area contributed by atoms with Crippen LogP contribution in [0.4, 0.5) is 26.3 Å². The number of carboxylic acids is 3. The molecule has 0 atom stereocenters. The Morgan fingerprint density at radius 3 is 1.92 bits per heavy atom. The lowest BCUT2D eigenvalue weighted by molar-refractivity contribution is -0.193. The van der Waals surface area contributed by atoms with Gasteiger partial charge in [0.2, 0.25) is 0 Å². The largest absolute Gasteiger partial charge is 0.494 e. The summed E-state index contributed by atoms with van der Waals surface area (Å²) in [5.41, 5.74) is 1.80. The third kappa shape index (κ3) is 12.6. The minimum Gasteiger partial charge on any atom is -0.494 e. The van der Waals surface area contributed by atoms with E-state index in [0.29, 0.717) is 35.9 Å². The van der Waals surface area contributed by atoms with E-state index in [1.807, 2.05) is 12.1 Å². The van der Waals surface area contributed by atoms with Crippen LogP contribution in [-0.4, -0.2) is 73.3 Å². The summed E-state index contributed by atoms with van der Waals surface area (Å²) >= 11 is 5.64. The molecule has 1 aromatic heterocycles. The Morgan fingerprint density at radius 2 is 1.57 bits per heavy atom. The number of rotatable bonds is 7. The van der Waals surface area contributed by atoms with Crippen LogP contribution in [0.15, 0.2) is 30.1 Å². The van der Waals surface area contributed by atoms with Crippen molar-refractivity contribution in [1.29, 1.82) is 0 Å². The quantitative estimate of drug-likeness (QED) is 0.254. The number of hydrogen-bond donors (Lipinski definition) is 3. The first-order valence-corrected chi connectivity index (χ1v) is 10.1. The maximum Gasteiger partial charge on any atom is 0.490 e. The molecule has 206 valence electrons. The molecule has 0 spiro atoms. The molecule has 0 fully saturated rings. The number of aliphatic carboxylic acids is 3. The molecule has 2 rings (SSSR count). The second-order valence-corrected chi connectivity index (χ2v) is 6.92. The first-order valence-electron chi connectivity index (χ1n) is 9.60. The van der Waals surface area contributed by atoms with Crippen LogP contribution in [0.2, 0.25) is 0 Å². The maximum atomic E-state index is 11.3. The molecule has 0 aliphatic carbocycles. The smallest absolute Gasteiger partial charge is 0.490 e. The molecule has 0 unspecified atom stereocenters. The molecule has 17 heteroatoms. The number of ether oxygens (including phenoxy) is 1. The van der Waals surface area contributed by atoms with E-state index < -0.39 is 30.3 Å². The number of carboxylic acid groups (broad SMARTS) is 3. The topological polar surface area (TPSA) is 152 Å². The third-order valence-corrected chi connectivity index (χ3v) is 4.00. The van der Waals surface area contributed by atoms with Crippen molar-refractivity contribution in [3.8, 4) is 11.4 Å². The summed E-state index contributed by atoms with van der Waals surface area (Å²) in [6.45, 7) is 1.80. The summed E-state index contributed by atoms with van der Waals surface area (Å²) in [5.74, 6) is -4.78. The van der Waals surface area contributed by atoms with Crippen molar-refractivity contribution >= 4 is 35.6 Å². The van der Waals surface area contributed by atoms with Crippen molar-refractivity contribution in [1.82, 2.24) is 14.8 Å². The second kappa shape index (κ2) is 14.7. The van der Waals surface area contributed by atoms with Gasteiger partial charge in [-0.1, -0.05) is 6.07 Å². The summed E-state index contributed by atoms with van der Waals surface area (Å²) < 4.78 is 70.5. The Bertz CT molecular complexity index is 1080. The molecular formula is C20H20ClF6N3O7. The van der Waals surface area contributed by atoms with Gasteiger partial charge in [0, 0.05) is 11.5 Å². The lowest BCUT2D eigenvalue weighted by Gasteiger charge is -2.09. The summed E-state index contributed by atoms with van der Waals surface area (Å²) in [5, 5.41) is 27.8. The van der Waals surface area contributed by atoms with E-state index in [2.05, 4.69) is 10.1 Å². The number of nitrogens with zero attached hydrogens (tertiary/aromatic N) is 3. The third-order valence-electron chi connectivity index (χ3n) is 3.74. The highest BCUT2D eigenvalue weighted by Gasteiger charge is 2.38. The van der Waals surface area contributed by atoms with Crippen molar-refractivity contribution < 1.29 is 60.8 Å². The van der Waals surface area contributed by atoms with Gasteiger partial charge in [0.05, 0.1) is 7.11 Å². The van der Waals surface area contributed by atoms with Gasteiger partial charge in [0.25, 0.3) is 0 Å². The van der Waals surface area contributed by atoms with Crippen LogP contribution in [-0.2, 0) is 14.4 Å². The Kier molecular flexibility index (Phi) is 13.2. The molecule has 2 aromatic rings. The zero-order valence-electron chi connectivity index (χ0n) is 19.0. The van der Waals surface area contributed by atoms with Gasteiger partial charge >= 0.3 is 30.3 Å². The zero-order chi connectivity index (χ0) is 29.0. The maximum absolute atomic E-state index is 11.3. The predicted molar refractivity (Wildman–Crippen MR) is 116 cm³/mol. The lowest BCUT2D eigenvalue weighted by atomic mass is 10.1. The first-order chi connectivity index (χ1) is 16.9. The van der Waals surface area contributed by atoms with Crippen molar-refractivity contribution in [2.24, 2.45) is 0 Å². The molecule has 37 heavy (non-hydrogen) atoms. The average molecular weight is 564 g/mol. The fraction of sp³-hybridized carbons (Fsp3) is 0.350.